The second kappa shape index (κ2) is 5.47. The van der Waals surface area contributed by atoms with Crippen molar-refractivity contribution in [3.8, 4) is 0 Å². The summed E-state index contributed by atoms with van der Waals surface area (Å²) >= 11 is 0. The molecule has 0 atom stereocenters. The van der Waals surface area contributed by atoms with E-state index >= 15 is 0 Å². The summed E-state index contributed by atoms with van der Waals surface area (Å²) in [5.74, 6) is 0. The van der Waals surface area contributed by atoms with Crippen LogP contribution in [-0.2, 0) is 17.4 Å². The van der Waals surface area contributed by atoms with Gasteiger partial charge in [-0.3, -0.25) is 0 Å². The fraction of sp³-hybridized carbons (Fsp3) is 0.588. The first-order valence-electron chi connectivity index (χ1n) is 7.02. The van der Waals surface area contributed by atoms with E-state index in [0.29, 0.717) is 6.54 Å². The lowest BCUT2D eigenvalue weighted by Crippen LogP contribution is -2.37. The van der Waals surface area contributed by atoms with E-state index in [1.807, 2.05) is 0 Å². The third-order valence-corrected chi connectivity index (χ3v) is 3.42. The molecule has 3 nitrogen and oxygen atoms in total. The third-order valence-electron chi connectivity index (χ3n) is 3.42. The van der Waals surface area contributed by atoms with Crippen LogP contribution in [0.3, 0.4) is 0 Å². The topological polar surface area (TPSA) is 52.2 Å². The van der Waals surface area contributed by atoms with Crippen LogP contribution in [0.1, 0.15) is 63.8 Å². The second-order valence-electron chi connectivity index (χ2n) is 7.48. The van der Waals surface area contributed by atoms with Crippen molar-refractivity contribution in [3.05, 3.63) is 34.4 Å². The van der Waals surface area contributed by atoms with Gasteiger partial charge in [0.1, 0.15) is 6.09 Å². The molecule has 112 valence electrons. The maximum Gasteiger partial charge on any atom is 0.134 e. The molecular weight excluding hydrogens is 250 g/mol. The Morgan fingerprint density at radius 3 is 1.75 bits per heavy atom. The summed E-state index contributed by atoms with van der Waals surface area (Å²) in [7, 11) is 0. The molecule has 0 unspecified atom stereocenters. The van der Waals surface area contributed by atoms with Gasteiger partial charge in [-0.2, -0.15) is 0 Å². The predicted molar refractivity (Wildman–Crippen MR) is 80.8 cm³/mol. The summed E-state index contributed by atoms with van der Waals surface area (Å²) in [6, 6.07) is 4.31. The minimum Gasteiger partial charge on any atom is -0.530 e. The standard InChI is InChI=1S/C17H27NO2/c1-11-8-13(16(2,3)4)12(10-18-15(19)20)14(9-11)17(5,6)7/h8-9,18H,10H2,1-7H3,(H,19,20)/p-1. The molecule has 0 saturated heterocycles. The van der Waals surface area contributed by atoms with Crippen molar-refractivity contribution in [2.75, 3.05) is 0 Å². The summed E-state index contributed by atoms with van der Waals surface area (Å²) in [5.41, 5.74) is 4.59. The number of benzene rings is 1. The van der Waals surface area contributed by atoms with Gasteiger partial charge in [0.05, 0.1) is 0 Å². The molecule has 0 spiro atoms. The molecule has 1 aromatic rings. The first-order chi connectivity index (χ1) is 8.93. The fourth-order valence-corrected chi connectivity index (χ4v) is 2.51. The lowest BCUT2D eigenvalue weighted by molar-refractivity contribution is -0.251. The van der Waals surface area contributed by atoms with Crippen LogP contribution in [0.5, 0.6) is 0 Å². The molecule has 3 heteroatoms. The fourth-order valence-electron chi connectivity index (χ4n) is 2.51. The largest absolute Gasteiger partial charge is 0.530 e. The summed E-state index contributed by atoms with van der Waals surface area (Å²) in [4.78, 5) is 10.7. The zero-order valence-electron chi connectivity index (χ0n) is 13.7. The lowest BCUT2D eigenvalue weighted by atomic mass is 9.75. The van der Waals surface area contributed by atoms with Crippen molar-refractivity contribution >= 4 is 6.09 Å². The van der Waals surface area contributed by atoms with E-state index in [0.717, 1.165) is 5.56 Å². The number of hydrogen-bond donors (Lipinski definition) is 1. The van der Waals surface area contributed by atoms with Gasteiger partial charge in [-0.25, -0.2) is 0 Å². The monoisotopic (exact) mass is 276 g/mol. The highest BCUT2D eigenvalue weighted by atomic mass is 16.4. The molecule has 1 amide bonds. The van der Waals surface area contributed by atoms with Crippen LogP contribution >= 0.6 is 0 Å². The van der Waals surface area contributed by atoms with Gasteiger partial charge < -0.3 is 15.2 Å². The van der Waals surface area contributed by atoms with E-state index in [9.17, 15) is 9.90 Å². The molecule has 0 aliphatic carbocycles. The average Bonchev–Trinajstić information content (AvgIpc) is 2.23. The number of carbonyl (C=O) groups is 1. The Hall–Kier alpha value is -1.51. The van der Waals surface area contributed by atoms with Crippen LogP contribution < -0.4 is 10.4 Å². The van der Waals surface area contributed by atoms with Gasteiger partial charge >= 0.3 is 0 Å². The van der Waals surface area contributed by atoms with Crippen LogP contribution in [0, 0.1) is 6.92 Å². The van der Waals surface area contributed by atoms with Crippen molar-refractivity contribution in [1.82, 2.24) is 5.32 Å². The van der Waals surface area contributed by atoms with E-state index in [2.05, 4.69) is 65.9 Å². The molecule has 0 aliphatic heterocycles. The van der Waals surface area contributed by atoms with Crippen LogP contribution in [0.2, 0.25) is 0 Å². The molecule has 20 heavy (non-hydrogen) atoms. The van der Waals surface area contributed by atoms with Crippen molar-refractivity contribution in [1.29, 1.82) is 0 Å². The average molecular weight is 276 g/mol. The summed E-state index contributed by atoms with van der Waals surface area (Å²) in [6.45, 7) is 15.3. The van der Waals surface area contributed by atoms with Gasteiger partial charge in [0, 0.05) is 6.54 Å². The van der Waals surface area contributed by atoms with Crippen LogP contribution in [0.15, 0.2) is 12.1 Å². The van der Waals surface area contributed by atoms with Crippen molar-refractivity contribution in [3.63, 3.8) is 0 Å². The van der Waals surface area contributed by atoms with Gasteiger partial charge in [0.2, 0.25) is 0 Å². The van der Waals surface area contributed by atoms with E-state index in [4.69, 9.17) is 0 Å². The Bertz CT molecular complexity index is 470. The SMILES string of the molecule is Cc1cc(C(C)(C)C)c(CNC(=O)[O-])c(C(C)(C)C)c1. The lowest BCUT2D eigenvalue weighted by Gasteiger charge is -2.31. The maximum atomic E-state index is 10.7. The number of nitrogens with one attached hydrogen (secondary N) is 1. The minimum absolute atomic E-state index is 0.0328. The molecule has 1 aromatic carbocycles. The first kappa shape index (κ1) is 16.5. The number of rotatable bonds is 2. The molecule has 0 fully saturated rings. The third kappa shape index (κ3) is 3.99. The van der Waals surface area contributed by atoms with E-state index in [1.165, 1.54) is 16.7 Å². The number of aryl methyl sites for hydroxylation is 1. The zero-order chi connectivity index (χ0) is 15.7. The van der Waals surface area contributed by atoms with E-state index in [-0.39, 0.29) is 10.8 Å². The van der Waals surface area contributed by atoms with Crippen molar-refractivity contribution < 1.29 is 9.90 Å². The van der Waals surface area contributed by atoms with Gasteiger partial charge in [0.25, 0.3) is 0 Å². The normalized spacial score (nSPS) is 12.3. The molecular formula is C17H26NO2-. The van der Waals surface area contributed by atoms with Crippen LogP contribution in [0.4, 0.5) is 4.79 Å². The molecule has 0 bridgehead atoms. The molecule has 0 heterocycles. The molecule has 0 saturated carbocycles. The maximum absolute atomic E-state index is 10.7. The number of hydrogen-bond acceptors (Lipinski definition) is 2. The molecule has 0 aliphatic rings. The Morgan fingerprint density at radius 1 is 1.05 bits per heavy atom. The van der Waals surface area contributed by atoms with Gasteiger partial charge in [-0.15, -0.1) is 0 Å². The van der Waals surface area contributed by atoms with Crippen LogP contribution in [-0.4, -0.2) is 6.09 Å². The van der Waals surface area contributed by atoms with Crippen molar-refractivity contribution in [2.24, 2.45) is 0 Å². The molecule has 0 radical (unpaired) electrons. The smallest absolute Gasteiger partial charge is 0.134 e. The highest BCUT2D eigenvalue weighted by Crippen LogP contribution is 2.35. The van der Waals surface area contributed by atoms with Gasteiger partial charge in [-0.1, -0.05) is 59.2 Å². The van der Waals surface area contributed by atoms with E-state index in [1.54, 1.807) is 0 Å². The highest BCUT2D eigenvalue weighted by molar-refractivity contribution is 5.62. The zero-order valence-corrected chi connectivity index (χ0v) is 13.7. The Labute approximate surface area is 122 Å². The molecule has 1 rings (SSSR count). The van der Waals surface area contributed by atoms with Crippen molar-refractivity contribution in [2.45, 2.75) is 65.8 Å². The van der Waals surface area contributed by atoms with Gasteiger partial charge in [-0.05, 0) is 34.4 Å². The minimum atomic E-state index is -1.23. The number of carboxylic acid groups (broad SMARTS) is 1. The Balaban J connectivity index is 3.50. The van der Waals surface area contributed by atoms with Crippen LogP contribution in [0.25, 0.3) is 0 Å². The van der Waals surface area contributed by atoms with E-state index < -0.39 is 6.09 Å². The summed E-state index contributed by atoms with van der Waals surface area (Å²) < 4.78 is 0. The predicted octanol–water partition coefficient (Wildman–Crippen LogP) is 3.02. The first-order valence-corrected chi connectivity index (χ1v) is 7.02. The number of amides is 1. The second-order valence-corrected chi connectivity index (χ2v) is 7.48. The Morgan fingerprint density at radius 2 is 1.45 bits per heavy atom. The summed E-state index contributed by atoms with van der Waals surface area (Å²) in [5, 5.41) is 13.2. The molecule has 0 aromatic heterocycles. The summed E-state index contributed by atoms with van der Waals surface area (Å²) in [6.07, 6.45) is -1.23. The number of carbonyl (C=O) groups excluding carboxylic acids is 1. The van der Waals surface area contributed by atoms with Gasteiger partial charge in [0.15, 0.2) is 0 Å². The Kier molecular flexibility index (Phi) is 4.52. The highest BCUT2D eigenvalue weighted by Gasteiger charge is 2.25. The molecule has 1 N–H and O–H groups in total. The quantitative estimate of drug-likeness (QED) is 0.902.